The van der Waals surface area contributed by atoms with Crippen molar-refractivity contribution in [1.29, 1.82) is 0 Å². The molecule has 5 heteroatoms. The molecule has 100 valence electrons. The van der Waals surface area contributed by atoms with E-state index in [9.17, 15) is 0 Å². The normalized spacial score (nSPS) is 18.6. The first-order chi connectivity index (χ1) is 8.64. The molecule has 0 saturated carbocycles. The number of ether oxygens (including phenoxy) is 1. The molecule has 0 amide bonds. The van der Waals surface area contributed by atoms with E-state index in [1.54, 1.807) is 0 Å². The van der Waals surface area contributed by atoms with Crippen LogP contribution in [0.1, 0.15) is 38.7 Å². The number of halogens is 1. The molecular weight excluding hydrogens is 250 g/mol. The first-order valence-corrected chi connectivity index (χ1v) is 6.88. The second-order valence-corrected chi connectivity index (χ2v) is 5.40. The monoisotopic (exact) mass is 269 g/mol. The summed E-state index contributed by atoms with van der Waals surface area (Å²) >= 11 is 6.16. The van der Waals surface area contributed by atoms with Crippen LogP contribution in [0.4, 0.5) is 5.82 Å². The first kappa shape index (κ1) is 13.6. The van der Waals surface area contributed by atoms with Gasteiger partial charge in [-0.15, -0.1) is 0 Å². The van der Waals surface area contributed by atoms with Crippen molar-refractivity contribution in [2.24, 2.45) is 0 Å². The van der Waals surface area contributed by atoms with Crippen LogP contribution in [0.5, 0.6) is 0 Å². The number of aromatic nitrogens is 2. The molecule has 0 aromatic carbocycles. The summed E-state index contributed by atoms with van der Waals surface area (Å²) in [6, 6.07) is 0. The minimum atomic E-state index is 0.0401. The standard InChI is InChI=1S/C13H20ClN3O/c1-3-4-10-11(14)15-9-16-12(10)17-13(2)5-7-18-8-6-13/h9H,3-8H2,1-2H3,(H,15,16,17). The number of nitrogens with zero attached hydrogens (tertiary/aromatic N) is 2. The van der Waals surface area contributed by atoms with Crippen molar-refractivity contribution >= 4 is 17.4 Å². The van der Waals surface area contributed by atoms with Gasteiger partial charge in [0.25, 0.3) is 0 Å². The lowest BCUT2D eigenvalue weighted by atomic mass is 9.92. The Morgan fingerprint density at radius 3 is 2.78 bits per heavy atom. The summed E-state index contributed by atoms with van der Waals surface area (Å²) in [4.78, 5) is 8.41. The van der Waals surface area contributed by atoms with E-state index < -0.39 is 0 Å². The average molecular weight is 270 g/mol. The van der Waals surface area contributed by atoms with Gasteiger partial charge in [-0.3, -0.25) is 0 Å². The highest BCUT2D eigenvalue weighted by Crippen LogP contribution is 2.28. The molecule has 0 bridgehead atoms. The molecule has 0 aliphatic carbocycles. The molecule has 1 aliphatic rings. The zero-order chi connectivity index (χ0) is 13.0. The van der Waals surface area contributed by atoms with Crippen LogP contribution in [0, 0.1) is 0 Å². The Labute approximate surface area is 113 Å². The third-order valence-electron chi connectivity index (χ3n) is 3.41. The lowest BCUT2D eigenvalue weighted by Crippen LogP contribution is -2.41. The van der Waals surface area contributed by atoms with E-state index in [-0.39, 0.29) is 5.54 Å². The SMILES string of the molecule is CCCc1c(Cl)ncnc1NC1(C)CCOCC1. The fraction of sp³-hybridized carbons (Fsp3) is 0.692. The number of hydrogen-bond donors (Lipinski definition) is 1. The van der Waals surface area contributed by atoms with Crippen LogP contribution in [0.15, 0.2) is 6.33 Å². The number of hydrogen-bond acceptors (Lipinski definition) is 4. The largest absolute Gasteiger partial charge is 0.381 e. The topological polar surface area (TPSA) is 47.0 Å². The second-order valence-electron chi connectivity index (χ2n) is 5.04. The van der Waals surface area contributed by atoms with Crippen LogP contribution in [-0.2, 0) is 11.2 Å². The summed E-state index contributed by atoms with van der Waals surface area (Å²) in [5, 5.41) is 4.10. The van der Waals surface area contributed by atoms with E-state index in [0.29, 0.717) is 5.15 Å². The van der Waals surface area contributed by atoms with Gasteiger partial charge in [-0.25, -0.2) is 9.97 Å². The van der Waals surface area contributed by atoms with E-state index in [1.807, 2.05) is 0 Å². The summed E-state index contributed by atoms with van der Waals surface area (Å²) in [6.07, 6.45) is 5.42. The van der Waals surface area contributed by atoms with Crippen molar-refractivity contribution in [3.63, 3.8) is 0 Å². The number of nitrogens with one attached hydrogen (secondary N) is 1. The van der Waals surface area contributed by atoms with Gasteiger partial charge in [0, 0.05) is 24.3 Å². The lowest BCUT2D eigenvalue weighted by molar-refractivity contribution is 0.0657. The van der Waals surface area contributed by atoms with Crippen molar-refractivity contribution in [3.8, 4) is 0 Å². The molecule has 4 nitrogen and oxygen atoms in total. The van der Waals surface area contributed by atoms with Gasteiger partial charge >= 0.3 is 0 Å². The van der Waals surface area contributed by atoms with Gasteiger partial charge in [-0.1, -0.05) is 24.9 Å². The predicted molar refractivity (Wildman–Crippen MR) is 73.1 cm³/mol. The van der Waals surface area contributed by atoms with Crippen LogP contribution in [0.2, 0.25) is 5.15 Å². The van der Waals surface area contributed by atoms with Gasteiger partial charge in [0.15, 0.2) is 0 Å². The van der Waals surface area contributed by atoms with Gasteiger partial charge in [0.1, 0.15) is 17.3 Å². The molecule has 1 saturated heterocycles. The number of anilines is 1. The summed E-state index contributed by atoms with van der Waals surface area (Å²) < 4.78 is 5.41. The smallest absolute Gasteiger partial charge is 0.137 e. The van der Waals surface area contributed by atoms with Crippen LogP contribution in [0.3, 0.4) is 0 Å². The van der Waals surface area contributed by atoms with Gasteiger partial charge < -0.3 is 10.1 Å². The Morgan fingerprint density at radius 2 is 2.11 bits per heavy atom. The van der Waals surface area contributed by atoms with Crippen molar-refractivity contribution in [1.82, 2.24) is 9.97 Å². The van der Waals surface area contributed by atoms with Crippen LogP contribution >= 0.6 is 11.6 Å². The molecule has 1 fully saturated rings. The predicted octanol–water partition coefficient (Wildman–Crippen LogP) is 3.06. The molecule has 1 aromatic rings. The minimum Gasteiger partial charge on any atom is -0.381 e. The molecule has 1 aliphatic heterocycles. The molecule has 1 aromatic heterocycles. The van der Waals surface area contributed by atoms with E-state index in [4.69, 9.17) is 16.3 Å². The highest BCUT2D eigenvalue weighted by Gasteiger charge is 2.28. The van der Waals surface area contributed by atoms with E-state index in [1.165, 1.54) is 6.33 Å². The molecule has 2 heterocycles. The van der Waals surface area contributed by atoms with Crippen LogP contribution < -0.4 is 5.32 Å². The van der Waals surface area contributed by atoms with Crippen molar-refractivity contribution in [2.45, 2.75) is 45.1 Å². The molecule has 0 unspecified atom stereocenters. The maximum atomic E-state index is 6.16. The fourth-order valence-electron chi connectivity index (χ4n) is 2.20. The summed E-state index contributed by atoms with van der Waals surface area (Å²) in [5.41, 5.74) is 1.06. The summed E-state index contributed by atoms with van der Waals surface area (Å²) in [5.74, 6) is 0.876. The molecule has 1 N–H and O–H groups in total. The second kappa shape index (κ2) is 5.85. The summed E-state index contributed by atoms with van der Waals surface area (Å²) in [7, 11) is 0. The van der Waals surface area contributed by atoms with Gasteiger partial charge in [-0.2, -0.15) is 0 Å². The van der Waals surface area contributed by atoms with Crippen LogP contribution in [0.25, 0.3) is 0 Å². The van der Waals surface area contributed by atoms with E-state index in [0.717, 1.165) is 50.3 Å². The Kier molecular flexibility index (Phi) is 4.40. The highest BCUT2D eigenvalue weighted by atomic mass is 35.5. The molecular formula is C13H20ClN3O. The van der Waals surface area contributed by atoms with Gasteiger partial charge in [0.05, 0.1) is 0 Å². The zero-order valence-corrected chi connectivity index (χ0v) is 11.8. The van der Waals surface area contributed by atoms with Crippen LogP contribution in [-0.4, -0.2) is 28.7 Å². The Hall–Kier alpha value is -0.870. The Balaban J connectivity index is 2.19. The molecule has 18 heavy (non-hydrogen) atoms. The van der Waals surface area contributed by atoms with Gasteiger partial charge in [0.2, 0.25) is 0 Å². The molecule has 0 spiro atoms. The quantitative estimate of drug-likeness (QED) is 0.854. The first-order valence-electron chi connectivity index (χ1n) is 6.50. The third-order valence-corrected chi connectivity index (χ3v) is 3.74. The molecule has 0 radical (unpaired) electrons. The van der Waals surface area contributed by atoms with Crippen molar-refractivity contribution < 1.29 is 4.74 Å². The number of rotatable bonds is 4. The molecule has 2 rings (SSSR count). The minimum absolute atomic E-state index is 0.0401. The fourth-order valence-corrected chi connectivity index (χ4v) is 2.43. The van der Waals surface area contributed by atoms with E-state index >= 15 is 0 Å². The molecule has 0 atom stereocenters. The maximum Gasteiger partial charge on any atom is 0.137 e. The van der Waals surface area contributed by atoms with Gasteiger partial charge in [-0.05, 0) is 26.2 Å². The lowest BCUT2D eigenvalue weighted by Gasteiger charge is -2.35. The highest BCUT2D eigenvalue weighted by molar-refractivity contribution is 6.30. The zero-order valence-electron chi connectivity index (χ0n) is 11.0. The Morgan fingerprint density at radius 1 is 1.39 bits per heavy atom. The Bertz CT molecular complexity index is 405. The average Bonchev–Trinajstić information content (AvgIpc) is 2.34. The van der Waals surface area contributed by atoms with Crippen molar-refractivity contribution in [3.05, 3.63) is 17.0 Å². The third kappa shape index (κ3) is 3.12. The maximum absolute atomic E-state index is 6.16. The van der Waals surface area contributed by atoms with Crippen molar-refractivity contribution in [2.75, 3.05) is 18.5 Å². The van der Waals surface area contributed by atoms with E-state index in [2.05, 4.69) is 29.1 Å². The summed E-state index contributed by atoms with van der Waals surface area (Å²) in [6.45, 7) is 5.93.